The second-order valence-electron chi connectivity index (χ2n) is 7.04. The van der Waals surface area contributed by atoms with Crippen LogP contribution in [0.25, 0.3) is 0 Å². The molecule has 2 fully saturated rings. The Kier molecular flexibility index (Phi) is 4.81. The zero-order valence-corrected chi connectivity index (χ0v) is 14.0. The number of Topliss-reactive ketones (excluding diaryl/α,β-unsaturated/α-hetero) is 1. The highest BCUT2D eigenvalue weighted by molar-refractivity contribution is 5.98. The fourth-order valence-corrected chi connectivity index (χ4v) is 3.47. The average Bonchev–Trinajstić information content (AvgIpc) is 2.53. The molecule has 0 bridgehead atoms. The maximum atomic E-state index is 12.6. The lowest BCUT2D eigenvalue weighted by molar-refractivity contribution is -0.138. The van der Waals surface area contributed by atoms with Crippen molar-refractivity contribution < 1.29 is 9.59 Å². The largest absolute Gasteiger partial charge is 0.342 e. The van der Waals surface area contributed by atoms with Crippen LogP contribution in [0.1, 0.15) is 35.7 Å². The van der Waals surface area contributed by atoms with Crippen LogP contribution < -0.4 is 5.32 Å². The summed E-state index contributed by atoms with van der Waals surface area (Å²) in [5.74, 6) is 1.13. The number of aryl methyl sites for hydroxylation is 1. The molecule has 1 atom stereocenters. The molecule has 0 radical (unpaired) electrons. The quantitative estimate of drug-likeness (QED) is 0.867. The molecule has 3 rings (SSSR count). The van der Waals surface area contributed by atoms with Crippen LogP contribution in [-0.4, -0.2) is 42.8 Å². The van der Waals surface area contributed by atoms with Gasteiger partial charge >= 0.3 is 0 Å². The number of likely N-dealkylation sites (tertiary alicyclic amines) is 1. The van der Waals surface area contributed by atoms with Crippen molar-refractivity contribution in [3.05, 3.63) is 35.4 Å². The molecule has 1 aromatic rings. The third-order valence-corrected chi connectivity index (χ3v) is 5.42. The smallest absolute Gasteiger partial charge is 0.225 e. The Labute approximate surface area is 138 Å². The number of hydrogen-bond donors (Lipinski definition) is 1. The summed E-state index contributed by atoms with van der Waals surface area (Å²) in [6.07, 6.45) is 1.57. The van der Waals surface area contributed by atoms with E-state index in [9.17, 15) is 9.59 Å². The van der Waals surface area contributed by atoms with Gasteiger partial charge in [0.25, 0.3) is 0 Å². The van der Waals surface area contributed by atoms with Gasteiger partial charge in [-0.15, -0.1) is 0 Å². The number of carbonyl (C=O) groups is 2. The van der Waals surface area contributed by atoms with E-state index in [0.717, 1.165) is 31.5 Å². The fourth-order valence-electron chi connectivity index (χ4n) is 3.47. The summed E-state index contributed by atoms with van der Waals surface area (Å²) < 4.78 is 0. The predicted octanol–water partition coefficient (Wildman–Crippen LogP) is 2.27. The van der Waals surface area contributed by atoms with Crippen molar-refractivity contribution >= 4 is 11.7 Å². The minimum atomic E-state index is 0.0578. The van der Waals surface area contributed by atoms with Crippen molar-refractivity contribution in [3.63, 3.8) is 0 Å². The monoisotopic (exact) mass is 314 g/mol. The summed E-state index contributed by atoms with van der Waals surface area (Å²) >= 11 is 0. The Morgan fingerprint density at radius 3 is 2.26 bits per heavy atom. The summed E-state index contributed by atoms with van der Waals surface area (Å²) in [6.45, 7) is 7.40. The standard InChI is InChI=1S/C19H26N2O2/c1-13-3-5-15(6-4-13)18(22)16-7-9-21(10-8-16)19(23)14(2)17-11-20-12-17/h3-6,14,16-17,20H,7-12H2,1-2H3. The SMILES string of the molecule is Cc1ccc(C(=O)C2CCN(C(=O)C(C)C3CNC3)CC2)cc1. The first-order valence-electron chi connectivity index (χ1n) is 8.66. The lowest BCUT2D eigenvalue weighted by Crippen LogP contribution is -2.51. The van der Waals surface area contributed by atoms with Crippen LogP contribution in [0, 0.1) is 24.7 Å². The Morgan fingerprint density at radius 2 is 1.74 bits per heavy atom. The van der Waals surface area contributed by atoms with Gasteiger partial charge in [0.15, 0.2) is 5.78 Å². The second-order valence-corrected chi connectivity index (χ2v) is 7.04. The van der Waals surface area contributed by atoms with Crippen molar-refractivity contribution in [1.29, 1.82) is 0 Å². The molecule has 1 unspecified atom stereocenters. The van der Waals surface area contributed by atoms with E-state index < -0.39 is 0 Å². The van der Waals surface area contributed by atoms with E-state index in [1.54, 1.807) is 0 Å². The maximum Gasteiger partial charge on any atom is 0.225 e. The molecule has 2 saturated heterocycles. The van der Waals surface area contributed by atoms with E-state index in [1.807, 2.05) is 43.0 Å². The number of amides is 1. The number of rotatable bonds is 4. The maximum absolute atomic E-state index is 12.6. The molecule has 2 aliphatic heterocycles. The van der Waals surface area contributed by atoms with E-state index in [1.165, 1.54) is 5.56 Å². The van der Waals surface area contributed by atoms with Crippen molar-refractivity contribution in [3.8, 4) is 0 Å². The number of carbonyl (C=O) groups excluding carboxylic acids is 2. The van der Waals surface area contributed by atoms with Crippen molar-refractivity contribution in [2.45, 2.75) is 26.7 Å². The van der Waals surface area contributed by atoms with Gasteiger partial charge in [-0.2, -0.15) is 0 Å². The summed E-state index contributed by atoms with van der Waals surface area (Å²) in [4.78, 5) is 27.1. The van der Waals surface area contributed by atoms with Gasteiger partial charge in [-0.05, 0) is 38.8 Å². The van der Waals surface area contributed by atoms with Crippen LogP contribution in [0.5, 0.6) is 0 Å². The molecule has 4 heteroatoms. The van der Waals surface area contributed by atoms with E-state index in [0.29, 0.717) is 19.0 Å². The van der Waals surface area contributed by atoms with Crippen LogP contribution >= 0.6 is 0 Å². The van der Waals surface area contributed by atoms with Gasteiger partial charge in [-0.1, -0.05) is 36.8 Å². The van der Waals surface area contributed by atoms with Gasteiger partial charge < -0.3 is 10.2 Å². The molecule has 1 aromatic carbocycles. The van der Waals surface area contributed by atoms with Crippen LogP contribution in [0.4, 0.5) is 0 Å². The number of benzene rings is 1. The van der Waals surface area contributed by atoms with E-state index in [4.69, 9.17) is 0 Å². The van der Waals surface area contributed by atoms with Gasteiger partial charge in [0.05, 0.1) is 0 Å². The molecule has 1 N–H and O–H groups in total. The van der Waals surface area contributed by atoms with Gasteiger partial charge in [0, 0.05) is 30.5 Å². The topological polar surface area (TPSA) is 49.4 Å². The Balaban J connectivity index is 1.54. The molecule has 2 aliphatic rings. The van der Waals surface area contributed by atoms with Crippen molar-refractivity contribution in [1.82, 2.24) is 10.2 Å². The Morgan fingerprint density at radius 1 is 1.13 bits per heavy atom. The number of nitrogens with zero attached hydrogens (tertiary/aromatic N) is 1. The number of hydrogen-bond acceptors (Lipinski definition) is 3. The highest BCUT2D eigenvalue weighted by atomic mass is 16.2. The van der Waals surface area contributed by atoms with E-state index in [-0.39, 0.29) is 23.5 Å². The molecule has 4 nitrogen and oxygen atoms in total. The average molecular weight is 314 g/mol. The van der Waals surface area contributed by atoms with Crippen LogP contribution in [0.15, 0.2) is 24.3 Å². The first kappa shape index (κ1) is 16.2. The lowest BCUT2D eigenvalue weighted by atomic mass is 9.85. The molecule has 23 heavy (non-hydrogen) atoms. The number of ketones is 1. The minimum absolute atomic E-state index is 0.0578. The van der Waals surface area contributed by atoms with Crippen LogP contribution in [-0.2, 0) is 4.79 Å². The number of piperidine rings is 1. The third-order valence-electron chi connectivity index (χ3n) is 5.42. The Bertz CT molecular complexity index is 570. The van der Waals surface area contributed by atoms with Crippen molar-refractivity contribution in [2.24, 2.45) is 17.8 Å². The summed E-state index contributed by atoms with van der Waals surface area (Å²) in [5.41, 5.74) is 1.97. The van der Waals surface area contributed by atoms with Gasteiger partial charge in [-0.25, -0.2) is 0 Å². The first-order chi connectivity index (χ1) is 11.1. The fraction of sp³-hybridized carbons (Fsp3) is 0.579. The van der Waals surface area contributed by atoms with E-state index >= 15 is 0 Å². The van der Waals surface area contributed by atoms with Crippen LogP contribution in [0.2, 0.25) is 0 Å². The first-order valence-corrected chi connectivity index (χ1v) is 8.66. The molecule has 1 amide bonds. The zero-order chi connectivity index (χ0) is 16.4. The molecule has 0 spiro atoms. The number of nitrogens with one attached hydrogen (secondary N) is 1. The Hall–Kier alpha value is -1.68. The van der Waals surface area contributed by atoms with Crippen LogP contribution in [0.3, 0.4) is 0 Å². The molecule has 0 saturated carbocycles. The lowest BCUT2D eigenvalue weighted by Gasteiger charge is -2.37. The van der Waals surface area contributed by atoms with Gasteiger partial charge in [-0.3, -0.25) is 9.59 Å². The molecule has 2 heterocycles. The van der Waals surface area contributed by atoms with E-state index in [2.05, 4.69) is 5.32 Å². The minimum Gasteiger partial charge on any atom is -0.342 e. The van der Waals surface area contributed by atoms with Crippen molar-refractivity contribution in [2.75, 3.05) is 26.2 Å². The molecule has 0 aliphatic carbocycles. The molecular weight excluding hydrogens is 288 g/mol. The highest BCUT2D eigenvalue weighted by Gasteiger charge is 2.34. The zero-order valence-electron chi connectivity index (χ0n) is 14.0. The molecule has 0 aromatic heterocycles. The highest BCUT2D eigenvalue weighted by Crippen LogP contribution is 2.25. The normalized spacial score (nSPS) is 20.9. The van der Waals surface area contributed by atoms with Gasteiger partial charge in [0.2, 0.25) is 5.91 Å². The predicted molar refractivity (Wildman–Crippen MR) is 90.3 cm³/mol. The summed E-state index contributed by atoms with van der Waals surface area (Å²) in [7, 11) is 0. The molecule has 124 valence electrons. The van der Waals surface area contributed by atoms with Gasteiger partial charge in [0.1, 0.15) is 0 Å². The molecular formula is C19H26N2O2. The summed E-state index contributed by atoms with van der Waals surface area (Å²) in [6, 6.07) is 7.81. The second kappa shape index (κ2) is 6.83. The summed E-state index contributed by atoms with van der Waals surface area (Å²) in [5, 5.41) is 3.23. The third kappa shape index (κ3) is 3.47.